The first-order valence-electron chi connectivity index (χ1n) is 7.37. The number of nitrogens with zero attached hydrogens (tertiary/aromatic N) is 2. The van der Waals surface area contributed by atoms with Crippen LogP contribution in [-0.4, -0.2) is 29.3 Å². The summed E-state index contributed by atoms with van der Waals surface area (Å²) in [7, 11) is 2.02. The maximum atomic E-state index is 5.84. The van der Waals surface area contributed by atoms with Crippen LogP contribution in [0.15, 0.2) is 30.6 Å². The lowest BCUT2D eigenvalue weighted by molar-refractivity contribution is 0.168. The second kappa shape index (κ2) is 6.18. The summed E-state index contributed by atoms with van der Waals surface area (Å²) >= 11 is 0. The molecule has 2 aromatic rings. The summed E-state index contributed by atoms with van der Waals surface area (Å²) in [6.07, 6.45) is 4.62. The highest BCUT2D eigenvalue weighted by atomic mass is 16.6. The standard InChI is InChI=1S/C16H21N3O2/c1-3-17-13(11-15-18-7-8-19(15)2)12-5-4-6-14-16(12)21-10-9-20-14/h4-8,13,17H,3,9-11H2,1-2H3. The molecule has 5 heteroatoms. The van der Waals surface area contributed by atoms with E-state index in [0.29, 0.717) is 13.2 Å². The number of hydrogen-bond acceptors (Lipinski definition) is 4. The number of para-hydroxylation sites is 1. The number of hydrogen-bond donors (Lipinski definition) is 1. The monoisotopic (exact) mass is 287 g/mol. The Balaban J connectivity index is 1.92. The number of imidazole rings is 1. The topological polar surface area (TPSA) is 48.3 Å². The van der Waals surface area contributed by atoms with Crippen LogP contribution in [0.3, 0.4) is 0 Å². The van der Waals surface area contributed by atoms with Crippen LogP contribution >= 0.6 is 0 Å². The quantitative estimate of drug-likeness (QED) is 0.915. The summed E-state index contributed by atoms with van der Waals surface area (Å²) in [6, 6.07) is 6.24. The molecule has 0 saturated heterocycles. The van der Waals surface area contributed by atoms with Gasteiger partial charge in [0.25, 0.3) is 0 Å². The van der Waals surface area contributed by atoms with Gasteiger partial charge in [0.1, 0.15) is 19.0 Å². The van der Waals surface area contributed by atoms with Crippen molar-refractivity contribution in [1.29, 1.82) is 0 Å². The third-order valence-corrected chi connectivity index (χ3v) is 3.73. The molecule has 1 atom stereocenters. The molecule has 3 rings (SSSR count). The van der Waals surface area contributed by atoms with Gasteiger partial charge in [-0.25, -0.2) is 4.98 Å². The van der Waals surface area contributed by atoms with E-state index in [0.717, 1.165) is 35.9 Å². The van der Waals surface area contributed by atoms with E-state index in [1.54, 1.807) is 0 Å². The van der Waals surface area contributed by atoms with Crippen LogP contribution in [0.25, 0.3) is 0 Å². The maximum absolute atomic E-state index is 5.84. The van der Waals surface area contributed by atoms with E-state index in [1.165, 1.54) is 0 Å². The van der Waals surface area contributed by atoms with Crippen LogP contribution in [0, 0.1) is 0 Å². The Labute approximate surface area is 124 Å². The predicted octanol–water partition coefficient (Wildman–Crippen LogP) is 2.08. The van der Waals surface area contributed by atoms with Crippen molar-refractivity contribution in [3.05, 3.63) is 42.0 Å². The Morgan fingerprint density at radius 1 is 1.33 bits per heavy atom. The van der Waals surface area contributed by atoms with Gasteiger partial charge in [0.2, 0.25) is 0 Å². The number of nitrogens with one attached hydrogen (secondary N) is 1. The molecule has 2 heterocycles. The van der Waals surface area contributed by atoms with E-state index in [9.17, 15) is 0 Å². The van der Waals surface area contributed by atoms with Crippen LogP contribution in [-0.2, 0) is 13.5 Å². The molecule has 0 amide bonds. The van der Waals surface area contributed by atoms with E-state index < -0.39 is 0 Å². The van der Waals surface area contributed by atoms with Gasteiger partial charge in [-0.05, 0) is 12.6 Å². The molecule has 21 heavy (non-hydrogen) atoms. The van der Waals surface area contributed by atoms with Crippen molar-refractivity contribution in [3.8, 4) is 11.5 Å². The Morgan fingerprint density at radius 2 is 2.19 bits per heavy atom. The molecule has 0 saturated carbocycles. The smallest absolute Gasteiger partial charge is 0.166 e. The Hall–Kier alpha value is -2.01. The minimum absolute atomic E-state index is 0.160. The molecule has 0 bridgehead atoms. The van der Waals surface area contributed by atoms with Crippen molar-refractivity contribution in [3.63, 3.8) is 0 Å². The fourth-order valence-corrected chi connectivity index (χ4v) is 2.68. The van der Waals surface area contributed by atoms with Gasteiger partial charge in [0.15, 0.2) is 11.5 Å². The third kappa shape index (κ3) is 2.88. The van der Waals surface area contributed by atoms with Crippen molar-refractivity contribution >= 4 is 0 Å². The zero-order valence-electron chi connectivity index (χ0n) is 12.5. The van der Waals surface area contributed by atoms with E-state index in [1.807, 2.05) is 31.6 Å². The minimum Gasteiger partial charge on any atom is -0.486 e. The zero-order valence-corrected chi connectivity index (χ0v) is 12.5. The lowest BCUT2D eigenvalue weighted by atomic mass is 10.0. The van der Waals surface area contributed by atoms with E-state index >= 15 is 0 Å². The Morgan fingerprint density at radius 3 is 2.95 bits per heavy atom. The van der Waals surface area contributed by atoms with Crippen molar-refractivity contribution in [1.82, 2.24) is 14.9 Å². The van der Waals surface area contributed by atoms with Crippen LogP contribution in [0.2, 0.25) is 0 Å². The number of rotatable bonds is 5. The molecule has 1 aromatic heterocycles. The Bertz CT molecular complexity index is 609. The lowest BCUT2D eigenvalue weighted by Crippen LogP contribution is -2.26. The molecule has 5 nitrogen and oxygen atoms in total. The SMILES string of the molecule is CCNC(Cc1nccn1C)c1cccc2c1OCCO2. The summed E-state index contributed by atoms with van der Waals surface area (Å²) < 4.78 is 13.6. The van der Waals surface area contributed by atoms with Crippen LogP contribution in [0.4, 0.5) is 0 Å². The summed E-state index contributed by atoms with van der Waals surface area (Å²) in [5, 5.41) is 3.53. The first kappa shape index (κ1) is 13.9. The first-order valence-corrected chi connectivity index (χ1v) is 7.37. The number of ether oxygens (including phenoxy) is 2. The average Bonchev–Trinajstić information content (AvgIpc) is 2.91. The van der Waals surface area contributed by atoms with Gasteiger partial charge >= 0.3 is 0 Å². The fraction of sp³-hybridized carbons (Fsp3) is 0.438. The van der Waals surface area contributed by atoms with Gasteiger partial charge in [-0.1, -0.05) is 19.1 Å². The molecule has 1 aliphatic heterocycles. The second-order valence-corrected chi connectivity index (χ2v) is 5.14. The van der Waals surface area contributed by atoms with Gasteiger partial charge in [0, 0.05) is 37.5 Å². The van der Waals surface area contributed by atoms with Gasteiger partial charge < -0.3 is 19.4 Å². The number of likely N-dealkylation sites (N-methyl/N-ethyl adjacent to an activating group) is 1. The molecule has 0 aliphatic carbocycles. The molecule has 0 radical (unpaired) electrons. The predicted molar refractivity (Wildman–Crippen MR) is 80.8 cm³/mol. The van der Waals surface area contributed by atoms with Crippen molar-refractivity contribution in [2.75, 3.05) is 19.8 Å². The largest absolute Gasteiger partial charge is 0.486 e. The third-order valence-electron chi connectivity index (χ3n) is 3.73. The van der Waals surface area contributed by atoms with Crippen molar-refractivity contribution in [2.24, 2.45) is 7.05 Å². The zero-order chi connectivity index (χ0) is 14.7. The Kier molecular flexibility index (Phi) is 4.10. The van der Waals surface area contributed by atoms with Gasteiger partial charge in [0.05, 0.1) is 0 Å². The van der Waals surface area contributed by atoms with Crippen molar-refractivity contribution < 1.29 is 9.47 Å². The second-order valence-electron chi connectivity index (χ2n) is 5.14. The molecule has 1 aromatic carbocycles. The van der Waals surface area contributed by atoms with E-state index in [4.69, 9.17) is 9.47 Å². The van der Waals surface area contributed by atoms with E-state index in [2.05, 4.69) is 27.9 Å². The molecule has 1 unspecified atom stereocenters. The van der Waals surface area contributed by atoms with Crippen LogP contribution in [0.5, 0.6) is 11.5 Å². The van der Waals surface area contributed by atoms with Crippen molar-refractivity contribution in [2.45, 2.75) is 19.4 Å². The number of aryl methyl sites for hydroxylation is 1. The molecular weight excluding hydrogens is 266 g/mol. The summed E-state index contributed by atoms with van der Waals surface area (Å²) in [4.78, 5) is 4.43. The molecule has 0 spiro atoms. The summed E-state index contributed by atoms with van der Waals surface area (Å²) in [5.74, 6) is 2.75. The first-order chi connectivity index (χ1) is 10.3. The van der Waals surface area contributed by atoms with Crippen LogP contribution in [0.1, 0.15) is 24.4 Å². The van der Waals surface area contributed by atoms with Gasteiger partial charge in [-0.3, -0.25) is 0 Å². The molecular formula is C16H21N3O2. The maximum Gasteiger partial charge on any atom is 0.166 e. The average molecular weight is 287 g/mol. The molecule has 1 N–H and O–H groups in total. The number of fused-ring (bicyclic) bond motifs is 1. The van der Waals surface area contributed by atoms with Crippen LogP contribution < -0.4 is 14.8 Å². The molecule has 112 valence electrons. The summed E-state index contributed by atoms with van der Waals surface area (Å²) in [5.41, 5.74) is 1.14. The van der Waals surface area contributed by atoms with E-state index in [-0.39, 0.29) is 6.04 Å². The summed E-state index contributed by atoms with van der Waals surface area (Å²) in [6.45, 7) is 4.21. The van der Waals surface area contributed by atoms with Gasteiger partial charge in [-0.2, -0.15) is 0 Å². The molecule has 1 aliphatic rings. The highest BCUT2D eigenvalue weighted by Gasteiger charge is 2.22. The normalized spacial score (nSPS) is 15.0. The molecule has 0 fully saturated rings. The van der Waals surface area contributed by atoms with Gasteiger partial charge in [-0.15, -0.1) is 0 Å². The number of aromatic nitrogens is 2. The minimum atomic E-state index is 0.160. The lowest BCUT2D eigenvalue weighted by Gasteiger charge is -2.25. The number of benzene rings is 1. The fourth-order valence-electron chi connectivity index (χ4n) is 2.68. The highest BCUT2D eigenvalue weighted by Crippen LogP contribution is 2.37. The highest BCUT2D eigenvalue weighted by molar-refractivity contribution is 5.49.